The minimum Gasteiger partial charge on any atom is -0.477 e. The molecule has 0 bridgehead atoms. The zero-order chi connectivity index (χ0) is 16.6. The van der Waals surface area contributed by atoms with Crippen molar-refractivity contribution in [3.05, 3.63) is 24.0 Å². The second-order valence-electron chi connectivity index (χ2n) is 5.93. The number of fused-ring (bicyclic) bond motifs is 1. The number of carbonyl (C=O) groups excluding carboxylic acids is 1. The summed E-state index contributed by atoms with van der Waals surface area (Å²) in [7, 11) is 0. The zero-order valence-electron chi connectivity index (χ0n) is 13.6. The Balaban J connectivity index is 1.49. The van der Waals surface area contributed by atoms with E-state index in [1.165, 1.54) is 0 Å². The van der Waals surface area contributed by atoms with Crippen molar-refractivity contribution < 1.29 is 19.0 Å². The van der Waals surface area contributed by atoms with Crippen molar-refractivity contribution in [2.24, 2.45) is 0 Å². The second-order valence-corrected chi connectivity index (χ2v) is 5.93. The van der Waals surface area contributed by atoms with Crippen LogP contribution in [0.3, 0.4) is 0 Å². The average Bonchev–Trinajstić information content (AvgIpc) is 3.22. The van der Waals surface area contributed by atoms with Crippen molar-refractivity contribution in [3.63, 3.8) is 0 Å². The van der Waals surface area contributed by atoms with E-state index >= 15 is 0 Å². The fourth-order valence-corrected chi connectivity index (χ4v) is 3.19. The second kappa shape index (κ2) is 6.03. The molecular formula is C16H20N4O4. The first kappa shape index (κ1) is 15.3. The monoisotopic (exact) mass is 332 g/mol. The van der Waals surface area contributed by atoms with E-state index in [0.29, 0.717) is 63.0 Å². The molecule has 4 heterocycles. The summed E-state index contributed by atoms with van der Waals surface area (Å²) in [5.74, 6) is -0.0629. The van der Waals surface area contributed by atoms with Gasteiger partial charge < -0.3 is 19.1 Å². The lowest BCUT2D eigenvalue weighted by atomic mass is 10.0. The third-order valence-corrected chi connectivity index (χ3v) is 4.43. The van der Waals surface area contributed by atoms with Gasteiger partial charge in [-0.2, -0.15) is 0 Å². The van der Waals surface area contributed by atoms with Crippen LogP contribution in [0.1, 0.15) is 30.3 Å². The Labute approximate surface area is 139 Å². The molecule has 0 N–H and O–H groups in total. The molecule has 1 amide bonds. The van der Waals surface area contributed by atoms with E-state index in [9.17, 15) is 4.79 Å². The highest BCUT2D eigenvalue weighted by Gasteiger charge is 2.41. The Kier molecular flexibility index (Phi) is 3.85. The van der Waals surface area contributed by atoms with E-state index in [0.717, 1.165) is 0 Å². The smallest absolute Gasteiger partial charge is 0.274 e. The highest BCUT2D eigenvalue weighted by molar-refractivity contribution is 5.93. The maximum absolute atomic E-state index is 12.7. The van der Waals surface area contributed by atoms with Crippen molar-refractivity contribution in [2.45, 2.75) is 25.6 Å². The maximum Gasteiger partial charge on any atom is 0.274 e. The van der Waals surface area contributed by atoms with Crippen LogP contribution in [-0.4, -0.2) is 64.1 Å². The van der Waals surface area contributed by atoms with Gasteiger partial charge in [-0.15, -0.1) is 5.10 Å². The Morgan fingerprint density at radius 3 is 2.75 bits per heavy atom. The molecular weight excluding hydrogens is 312 g/mol. The molecule has 24 heavy (non-hydrogen) atoms. The average molecular weight is 332 g/mol. The van der Waals surface area contributed by atoms with E-state index in [4.69, 9.17) is 14.2 Å². The quantitative estimate of drug-likeness (QED) is 0.838. The summed E-state index contributed by atoms with van der Waals surface area (Å²) in [5.41, 5.74) is 1.01. The molecule has 4 rings (SSSR count). The Morgan fingerprint density at radius 1 is 1.29 bits per heavy atom. The lowest BCUT2D eigenvalue weighted by molar-refractivity contribution is -0.181. The summed E-state index contributed by atoms with van der Waals surface area (Å²) >= 11 is 0. The van der Waals surface area contributed by atoms with Crippen LogP contribution in [0.4, 0.5) is 0 Å². The lowest BCUT2D eigenvalue weighted by Gasteiger charge is -2.37. The number of carbonyl (C=O) groups is 1. The number of hydrogen-bond acceptors (Lipinski definition) is 6. The number of rotatable bonds is 3. The van der Waals surface area contributed by atoms with Crippen LogP contribution in [0.5, 0.6) is 5.88 Å². The largest absolute Gasteiger partial charge is 0.477 e. The molecule has 128 valence electrons. The standard InChI is InChI=1S/C16H20N4O4/c1-2-22-14-4-3-13-17-12(11-20(13)18-14)15(21)19-7-5-16(6-8-19)23-9-10-24-16/h3-4,11H,2,5-10H2,1H3. The fraction of sp³-hybridized carbons (Fsp3) is 0.562. The SMILES string of the molecule is CCOc1ccc2nc(C(=O)N3CCC4(CC3)OCCO4)cn2n1. The van der Waals surface area contributed by atoms with Gasteiger partial charge in [0, 0.05) is 32.0 Å². The molecule has 8 heteroatoms. The molecule has 8 nitrogen and oxygen atoms in total. The van der Waals surface area contributed by atoms with E-state index in [-0.39, 0.29) is 5.91 Å². The van der Waals surface area contributed by atoms with E-state index in [1.807, 2.05) is 6.92 Å². The van der Waals surface area contributed by atoms with Crippen LogP contribution in [0, 0.1) is 0 Å². The number of amides is 1. The Bertz CT molecular complexity index is 744. The third-order valence-electron chi connectivity index (χ3n) is 4.43. The van der Waals surface area contributed by atoms with Crippen molar-refractivity contribution in [2.75, 3.05) is 32.9 Å². The van der Waals surface area contributed by atoms with Crippen LogP contribution in [0.2, 0.25) is 0 Å². The number of imidazole rings is 1. The predicted molar refractivity (Wildman–Crippen MR) is 83.9 cm³/mol. The summed E-state index contributed by atoms with van der Waals surface area (Å²) in [4.78, 5) is 18.9. The van der Waals surface area contributed by atoms with Crippen LogP contribution in [-0.2, 0) is 9.47 Å². The molecule has 0 atom stereocenters. The van der Waals surface area contributed by atoms with Gasteiger partial charge in [0.2, 0.25) is 5.88 Å². The van der Waals surface area contributed by atoms with Gasteiger partial charge in [-0.1, -0.05) is 0 Å². The van der Waals surface area contributed by atoms with Gasteiger partial charge in [0.05, 0.1) is 26.0 Å². The van der Waals surface area contributed by atoms with E-state index in [1.54, 1.807) is 27.7 Å². The molecule has 2 aromatic heterocycles. The molecule has 0 saturated carbocycles. The molecule has 2 aliphatic heterocycles. The minimum atomic E-state index is -0.482. The van der Waals surface area contributed by atoms with Crippen molar-refractivity contribution in [1.82, 2.24) is 19.5 Å². The highest BCUT2D eigenvalue weighted by atomic mass is 16.7. The van der Waals surface area contributed by atoms with Gasteiger partial charge >= 0.3 is 0 Å². The number of piperidine rings is 1. The van der Waals surface area contributed by atoms with Crippen molar-refractivity contribution in [1.29, 1.82) is 0 Å². The first-order valence-electron chi connectivity index (χ1n) is 8.25. The predicted octanol–water partition coefficient (Wildman–Crippen LogP) is 1.11. The highest BCUT2D eigenvalue weighted by Crippen LogP contribution is 2.31. The number of hydrogen-bond donors (Lipinski definition) is 0. The van der Waals surface area contributed by atoms with Gasteiger partial charge in [-0.3, -0.25) is 4.79 Å². The van der Waals surface area contributed by atoms with Gasteiger partial charge in [0.1, 0.15) is 5.69 Å². The molecule has 0 radical (unpaired) electrons. The van der Waals surface area contributed by atoms with E-state index < -0.39 is 5.79 Å². The van der Waals surface area contributed by atoms with Crippen LogP contribution >= 0.6 is 0 Å². The number of aromatic nitrogens is 3. The summed E-state index contributed by atoms with van der Waals surface area (Å²) in [6.45, 7) is 4.91. The third kappa shape index (κ3) is 2.71. The van der Waals surface area contributed by atoms with Crippen molar-refractivity contribution >= 4 is 11.6 Å². The fourth-order valence-electron chi connectivity index (χ4n) is 3.19. The Hall–Kier alpha value is -2.19. The van der Waals surface area contributed by atoms with Gasteiger partial charge in [0.25, 0.3) is 5.91 Å². The maximum atomic E-state index is 12.7. The number of nitrogens with zero attached hydrogens (tertiary/aromatic N) is 4. The van der Waals surface area contributed by atoms with Gasteiger partial charge in [-0.05, 0) is 13.0 Å². The molecule has 2 fully saturated rings. The molecule has 2 aliphatic rings. The minimum absolute atomic E-state index is 0.0914. The summed E-state index contributed by atoms with van der Waals surface area (Å²) in [5, 5.41) is 4.29. The van der Waals surface area contributed by atoms with Crippen molar-refractivity contribution in [3.8, 4) is 5.88 Å². The first-order valence-corrected chi connectivity index (χ1v) is 8.25. The first-order chi connectivity index (χ1) is 11.7. The lowest BCUT2D eigenvalue weighted by Crippen LogP contribution is -2.47. The molecule has 1 spiro atoms. The molecule has 0 unspecified atom stereocenters. The van der Waals surface area contributed by atoms with Gasteiger partial charge in [-0.25, -0.2) is 9.50 Å². The van der Waals surface area contributed by atoms with Crippen LogP contribution in [0.25, 0.3) is 5.65 Å². The summed E-state index contributed by atoms with van der Waals surface area (Å²) in [6, 6.07) is 3.54. The molecule has 2 aromatic rings. The molecule has 2 saturated heterocycles. The van der Waals surface area contributed by atoms with Gasteiger partial charge in [0.15, 0.2) is 11.4 Å². The van der Waals surface area contributed by atoms with E-state index in [2.05, 4.69) is 10.1 Å². The topological polar surface area (TPSA) is 78.2 Å². The number of ether oxygens (including phenoxy) is 3. The van der Waals surface area contributed by atoms with Crippen LogP contribution in [0.15, 0.2) is 18.3 Å². The number of likely N-dealkylation sites (tertiary alicyclic amines) is 1. The summed E-state index contributed by atoms with van der Waals surface area (Å²) in [6.07, 6.45) is 3.03. The zero-order valence-corrected chi connectivity index (χ0v) is 13.6. The summed E-state index contributed by atoms with van der Waals surface area (Å²) < 4.78 is 18.3. The Morgan fingerprint density at radius 2 is 2.04 bits per heavy atom. The normalized spacial score (nSPS) is 20.0. The molecule has 0 aromatic carbocycles. The molecule has 0 aliphatic carbocycles. The van der Waals surface area contributed by atoms with Crippen LogP contribution < -0.4 is 4.74 Å².